The minimum atomic E-state index is 0.341. The van der Waals surface area contributed by atoms with Crippen molar-refractivity contribution in [3.63, 3.8) is 0 Å². The summed E-state index contributed by atoms with van der Waals surface area (Å²) in [5, 5.41) is 3.93. The summed E-state index contributed by atoms with van der Waals surface area (Å²) in [5.74, 6) is 0.884. The lowest BCUT2D eigenvalue weighted by molar-refractivity contribution is 0.405. The maximum Gasteiger partial charge on any atom is 0.261 e. The van der Waals surface area contributed by atoms with Gasteiger partial charge in [0.05, 0.1) is 23.4 Å². The summed E-state index contributed by atoms with van der Waals surface area (Å²) in [6.07, 6.45) is 1.30. The van der Waals surface area contributed by atoms with Crippen LogP contribution in [0.2, 0.25) is 5.02 Å². The van der Waals surface area contributed by atoms with Gasteiger partial charge in [0.25, 0.3) is 5.89 Å². The first kappa shape index (κ1) is 9.79. The van der Waals surface area contributed by atoms with Crippen LogP contribution in [0.3, 0.4) is 0 Å². The largest absolute Gasteiger partial charge is 0.496 e. The van der Waals surface area contributed by atoms with Crippen LogP contribution in [0.1, 0.15) is 0 Å². The van der Waals surface area contributed by atoms with E-state index in [1.807, 2.05) is 0 Å². The van der Waals surface area contributed by atoms with E-state index in [9.17, 15) is 0 Å². The van der Waals surface area contributed by atoms with Gasteiger partial charge >= 0.3 is 0 Å². The van der Waals surface area contributed by atoms with Crippen LogP contribution in [0.5, 0.6) is 5.75 Å². The molecule has 5 nitrogen and oxygen atoms in total. The van der Waals surface area contributed by atoms with E-state index in [-0.39, 0.29) is 0 Å². The van der Waals surface area contributed by atoms with Crippen molar-refractivity contribution < 1.29 is 9.26 Å². The Kier molecular flexibility index (Phi) is 2.47. The summed E-state index contributed by atoms with van der Waals surface area (Å²) < 4.78 is 10.1. The number of ether oxygens (including phenoxy) is 1. The van der Waals surface area contributed by atoms with Gasteiger partial charge in [0, 0.05) is 6.07 Å². The highest BCUT2D eigenvalue weighted by Gasteiger charge is 2.13. The summed E-state index contributed by atoms with van der Waals surface area (Å²) >= 11 is 5.89. The average Bonchev–Trinajstić information content (AvgIpc) is 2.74. The molecular formula is C9H8ClN3O2. The highest BCUT2D eigenvalue weighted by molar-refractivity contribution is 6.33. The van der Waals surface area contributed by atoms with Gasteiger partial charge in [0.1, 0.15) is 5.75 Å². The molecule has 0 aliphatic rings. The van der Waals surface area contributed by atoms with E-state index < -0.39 is 0 Å². The molecule has 0 bridgehead atoms. The number of hydrogen-bond donors (Lipinski definition) is 1. The number of rotatable bonds is 2. The molecule has 0 atom stereocenters. The first-order chi connectivity index (χ1) is 7.22. The molecule has 0 amide bonds. The number of methoxy groups -OCH3 is 1. The normalized spacial score (nSPS) is 10.3. The molecule has 0 saturated carbocycles. The van der Waals surface area contributed by atoms with Crippen molar-refractivity contribution in [3.05, 3.63) is 23.5 Å². The number of halogens is 1. The summed E-state index contributed by atoms with van der Waals surface area (Å²) in [7, 11) is 1.53. The van der Waals surface area contributed by atoms with Gasteiger partial charge < -0.3 is 15.0 Å². The van der Waals surface area contributed by atoms with Gasteiger partial charge in [0.2, 0.25) is 0 Å². The second-order valence-electron chi connectivity index (χ2n) is 2.82. The van der Waals surface area contributed by atoms with Crippen molar-refractivity contribution in [3.8, 4) is 17.2 Å². The van der Waals surface area contributed by atoms with Crippen LogP contribution in [0.25, 0.3) is 11.5 Å². The third-order valence-corrected chi connectivity index (χ3v) is 2.24. The fourth-order valence-electron chi connectivity index (χ4n) is 1.20. The first-order valence-electron chi connectivity index (χ1n) is 4.12. The molecule has 1 aromatic heterocycles. The van der Waals surface area contributed by atoms with E-state index >= 15 is 0 Å². The minimum absolute atomic E-state index is 0.341. The number of nitrogens with two attached hydrogens (primary N) is 1. The molecule has 0 unspecified atom stereocenters. The predicted octanol–water partition coefficient (Wildman–Crippen LogP) is 1.98. The van der Waals surface area contributed by atoms with E-state index in [0.29, 0.717) is 27.9 Å². The van der Waals surface area contributed by atoms with Gasteiger partial charge in [-0.25, -0.2) is 0 Å². The van der Waals surface area contributed by atoms with Crippen molar-refractivity contribution in [1.82, 2.24) is 10.1 Å². The lowest BCUT2D eigenvalue weighted by Gasteiger charge is -2.07. The van der Waals surface area contributed by atoms with E-state index in [2.05, 4.69) is 10.1 Å². The zero-order valence-electron chi connectivity index (χ0n) is 7.90. The van der Waals surface area contributed by atoms with Crippen molar-refractivity contribution >= 4 is 17.3 Å². The van der Waals surface area contributed by atoms with Gasteiger partial charge in [-0.15, -0.1) is 0 Å². The van der Waals surface area contributed by atoms with Crippen LogP contribution in [0, 0.1) is 0 Å². The van der Waals surface area contributed by atoms with Crippen molar-refractivity contribution in [2.24, 2.45) is 0 Å². The van der Waals surface area contributed by atoms with Crippen LogP contribution < -0.4 is 10.5 Å². The average molecular weight is 226 g/mol. The topological polar surface area (TPSA) is 74.2 Å². The highest BCUT2D eigenvalue weighted by Crippen LogP contribution is 2.34. The summed E-state index contributed by atoms with van der Waals surface area (Å²) in [5.41, 5.74) is 6.70. The second kappa shape index (κ2) is 3.78. The molecule has 15 heavy (non-hydrogen) atoms. The third kappa shape index (κ3) is 1.73. The summed E-state index contributed by atoms with van der Waals surface area (Å²) in [4.78, 5) is 3.91. The van der Waals surface area contributed by atoms with E-state index in [0.717, 1.165) is 0 Å². The van der Waals surface area contributed by atoms with Crippen LogP contribution in [-0.2, 0) is 0 Å². The zero-order chi connectivity index (χ0) is 10.8. The quantitative estimate of drug-likeness (QED) is 0.791. The van der Waals surface area contributed by atoms with Gasteiger partial charge in [-0.3, -0.25) is 0 Å². The molecule has 6 heteroatoms. The first-order valence-corrected chi connectivity index (χ1v) is 4.50. The van der Waals surface area contributed by atoms with E-state index in [1.165, 1.54) is 13.4 Å². The maximum atomic E-state index is 5.89. The molecule has 2 N–H and O–H groups in total. The number of nitrogens with zero attached hydrogens (tertiary/aromatic N) is 2. The van der Waals surface area contributed by atoms with Crippen molar-refractivity contribution in [2.75, 3.05) is 12.8 Å². The molecule has 78 valence electrons. The zero-order valence-corrected chi connectivity index (χ0v) is 8.65. The van der Waals surface area contributed by atoms with Gasteiger partial charge in [-0.05, 0) is 6.07 Å². The van der Waals surface area contributed by atoms with E-state index in [1.54, 1.807) is 12.1 Å². The lowest BCUT2D eigenvalue weighted by Crippen LogP contribution is -1.92. The van der Waals surface area contributed by atoms with Crippen LogP contribution in [0.4, 0.5) is 5.69 Å². The molecule has 2 rings (SSSR count). The predicted molar refractivity (Wildman–Crippen MR) is 55.7 cm³/mol. The molecule has 1 aromatic carbocycles. The Bertz CT molecular complexity index is 470. The molecule has 0 aliphatic heterocycles. The molecule has 1 heterocycles. The maximum absolute atomic E-state index is 5.89. The minimum Gasteiger partial charge on any atom is -0.496 e. The lowest BCUT2D eigenvalue weighted by atomic mass is 10.2. The standard InChI is InChI=1S/C9H8ClN3O2/c1-14-8-3-7(11)6(10)2-5(8)9-12-4-13-15-9/h2-4H,11H2,1H3. The van der Waals surface area contributed by atoms with Crippen LogP contribution in [-0.4, -0.2) is 17.3 Å². The monoisotopic (exact) mass is 225 g/mol. The fraction of sp³-hybridized carbons (Fsp3) is 0.111. The van der Waals surface area contributed by atoms with Crippen LogP contribution >= 0.6 is 11.6 Å². The summed E-state index contributed by atoms with van der Waals surface area (Å²) in [6, 6.07) is 3.24. The number of hydrogen-bond acceptors (Lipinski definition) is 5. The van der Waals surface area contributed by atoms with Crippen LogP contribution in [0.15, 0.2) is 23.0 Å². The Balaban J connectivity index is 2.60. The molecule has 0 radical (unpaired) electrons. The number of anilines is 1. The van der Waals surface area contributed by atoms with Gasteiger partial charge in [-0.2, -0.15) is 4.98 Å². The smallest absolute Gasteiger partial charge is 0.261 e. The van der Waals surface area contributed by atoms with Crippen molar-refractivity contribution in [2.45, 2.75) is 0 Å². The molecule has 0 spiro atoms. The Morgan fingerprint density at radius 1 is 1.47 bits per heavy atom. The van der Waals surface area contributed by atoms with Crippen molar-refractivity contribution in [1.29, 1.82) is 0 Å². The Hall–Kier alpha value is -1.75. The number of nitrogen functional groups attached to an aromatic ring is 1. The molecule has 0 aliphatic carbocycles. The van der Waals surface area contributed by atoms with E-state index in [4.69, 9.17) is 26.6 Å². The SMILES string of the molecule is COc1cc(N)c(Cl)cc1-c1ncno1. The Labute approximate surface area is 90.8 Å². The Morgan fingerprint density at radius 3 is 2.87 bits per heavy atom. The number of aromatic nitrogens is 2. The summed E-state index contributed by atoms with van der Waals surface area (Å²) in [6.45, 7) is 0. The second-order valence-corrected chi connectivity index (χ2v) is 3.23. The third-order valence-electron chi connectivity index (χ3n) is 1.91. The Morgan fingerprint density at radius 2 is 2.27 bits per heavy atom. The molecular weight excluding hydrogens is 218 g/mol. The van der Waals surface area contributed by atoms with Gasteiger partial charge in [-0.1, -0.05) is 16.8 Å². The van der Waals surface area contributed by atoms with Gasteiger partial charge in [0.15, 0.2) is 6.33 Å². The number of benzene rings is 1. The molecule has 2 aromatic rings. The fourth-order valence-corrected chi connectivity index (χ4v) is 1.36. The molecule has 0 saturated heterocycles. The highest BCUT2D eigenvalue weighted by atomic mass is 35.5. The molecule has 0 fully saturated rings.